The first kappa shape index (κ1) is 21.9. The summed E-state index contributed by atoms with van der Waals surface area (Å²) in [7, 11) is 0. The maximum atomic E-state index is 12.6. The van der Waals surface area contributed by atoms with Gasteiger partial charge in [0, 0.05) is 18.6 Å². The fourth-order valence-corrected chi connectivity index (χ4v) is 4.27. The topological polar surface area (TPSA) is 30.2 Å². The Morgan fingerprint density at radius 3 is 2.44 bits per heavy atom. The van der Waals surface area contributed by atoms with Gasteiger partial charge in [-0.25, -0.2) is 9.36 Å². The van der Waals surface area contributed by atoms with Crippen LogP contribution < -0.4 is 4.57 Å². The summed E-state index contributed by atoms with van der Waals surface area (Å²) in [5.41, 5.74) is 0.676. The van der Waals surface area contributed by atoms with Gasteiger partial charge in [0.15, 0.2) is 12.4 Å². The number of unbranched alkanes of at least 4 members (excludes halogenated alkanes) is 5. The van der Waals surface area contributed by atoms with Crippen molar-refractivity contribution < 1.29 is 14.1 Å². The van der Waals surface area contributed by atoms with E-state index in [-0.39, 0.29) is 12.1 Å². The lowest BCUT2D eigenvalue weighted by Gasteiger charge is -2.36. The summed E-state index contributed by atoms with van der Waals surface area (Å²) in [4.78, 5) is 12.6. The number of carbonyl (C=O) groups is 1. The molecule has 0 amide bonds. The highest BCUT2D eigenvalue weighted by atomic mass is 16.5. The molecule has 1 aromatic rings. The van der Waals surface area contributed by atoms with E-state index >= 15 is 0 Å². The van der Waals surface area contributed by atoms with E-state index < -0.39 is 0 Å². The van der Waals surface area contributed by atoms with Gasteiger partial charge in [-0.3, -0.25) is 0 Å². The summed E-state index contributed by atoms with van der Waals surface area (Å²) in [5, 5.41) is 0. The first-order valence-electron chi connectivity index (χ1n) is 11.2. The van der Waals surface area contributed by atoms with Gasteiger partial charge in [0.1, 0.15) is 12.6 Å². The maximum absolute atomic E-state index is 12.6. The zero-order valence-corrected chi connectivity index (χ0v) is 18.0. The van der Waals surface area contributed by atoms with E-state index in [4.69, 9.17) is 4.74 Å². The number of aryl methyl sites for hydroxylation is 1. The molecule has 1 aliphatic rings. The van der Waals surface area contributed by atoms with Crippen molar-refractivity contribution in [3.05, 3.63) is 30.1 Å². The Labute approximate surface area is 166 Å². The number of hydrogen-bond acceptors (Lipinski definition) is 2. The van der Waals surface area contributed by atoms with Gasteiger partial charge >= 0.3 is 5.97 Å². The third-order valence-electron chi connectivity index (χ3n) is 6.12. The normalized spacial score (nSPS) is 22.8. The summed E-state index contributed by atoms with van der Waals surface area (Å²) < 4.78 is 8.13. The molecule has 1 heterocycles. The lowest BCUT2D eigenvalue weighted by molar-refractivity contribution is -0.697. The molecule has 152 valence electrons. The number of aromatic nitrogens is 1. The molecule has 1 fully saturated rings. The van der Waals surface area contributed by atoms with Crippen LogP contribution in [0, 0.1) is 17.8 Å². The maximum Gasteiger partial charge on any atom is 0.338 e. The third kappa shape index (κ3) is 7.27. The minimum absolute atomic E-state index is 0.0664. The molecule has 3 nitrogen and oxygen atoms in total. The van der Waals surface area contributed by atoms with Crippen molar-refractivity contribution >= 4 is 5.97 Å². The van der Waals surface area contributed by atoms with Crippen molar-refractivity contribution in [1.82, 2.24) is 0 Å². The standard InChI is InChI=1S/C24H40NO2/c1-5-6-7-8-9-10-15-25-16-13-21(14-17-25)24(26)27-23-18-20(4)11-12-22(23)19(2)3/h13-14,16-17,19-20,22-23H,5-12,15,18H2,1-4H3/q+1/t20-,22+,23-/m1/s1. The fourth-order valence-electron chi connectivity index (χ4n) is 4.27. The zero-order chi connectivity index (χ0) is 19.6. The van der Waals surface area contributed by atoms with Crippen LogP contribution in [-0.4, -0.2) is 12.1 Å². The average molecular weight is 375 g/mol. The van der Waals surface area contributed by atoms with Crippen molar-refractivity contribution in [2.45, 2.75) is 98.1 Å². The van der Waals surface area contributed by atoms with Crippen LogP contribution in [0.2, 0.25) is 0 Å². The van der Waals surface area contributed by atoms with Gasteiger partial charge in [0.05, 0.1) is 5.56 Å². The largest absolute Gasteiger partial charge is 0.458 e. The Hall–Kier alpha value is -1.38. The van der Waals surface area contributed by atoms with Gasteiger partial charge in [0.25, 0.3) is 0 Å². The number of rotatable bonds is 10. The molecule has 1 saturated carbocycles. The van der Waals surface area contributed by atoms with Crippen LogP contribution in [0.5, 0.6) is 0 Å². The van der Waals surface area contributed by atoms with Crippen molar-refractivity contribution in [2.75, 3.05) is 0 Å². The van der Waals surface area contributed by atoms with E-state index in [0.717, 1.165) is 13.0 Å². The smallest absolute Gasteiger partial charge is 0.338 e. The lowest BCUT2D eigenvalue weighted by atomic mass is 9.75. The SMILES string of the molecule is CCCCCCCC[n+]1ccc(C(=O)O[C@@H]2C[C@H](C)CC[C@H]2C(C)C)cc1. The van der Waals surface area contributed by atoms with E-state index in [1.807, 2.05) is 24.5 Å². The summed E-state index contributed by atoms with van der Waals surface area (Å²) in [6.07, 6.45) is 15.3. The van der Waals surface area contributed by atoms with Crippen molar-refractivity contribution in [3.63, 3.8) is 0 Å². The number of ether oxygens (including phenoxy) is 1. The molecule has 0 saturated heterocycles. The molecule has 0 aliphatic heterocycles. The Bertz CT molecular complexity index is 552. The number of esters is 1. The molecule has 3 atom stereocenters. The molecule has 1 aromatic heterocycles. The van der Waals surface area contributed by atoms with Gasteiger partial charge in [-0.2, -0.15) is 0 Å². The molecule has 0 aromatic carbocycles. The predicted octanol–water partition coefficient (Wildman–Crippen LogP) is 5.95. The number of nitrogens with zero attached hydrogens (tertiary/aromatic N) is 1. The van der Waals surface area contributed by atoms with Gasteiger partial charge in [-0.15, -0.1) is 0 Å². The van der Waals surface area contributed by atoms with Crippen LogP contribution in [0.3, 0.4) is 0 Å². The van der Waals surface area contributed by atoms with Crippen LogP contribution >= 0.6 is 0 Å². The highest BCUT2D eigenvalue weighted by Gasteiger charge is 2.33. The second-order valence-corrected chi connectivity index (χ2v) is 8.86. The van der Waals surface area contributed by atoms with Gasteiger partial charge in [-0.05, 0) is 37.0 Å². The van der Waals surface area contributed by atoms with Crippen molar-refractivity contribution in [3.8, 4) is 0 Å². The first-order chi connectivity index (χ1) is 13.0. The molecule has 1 aliphatic carbocycles. The molecule has 3 heteroatoms. The van der Waals surface area contributed by atoms with Gasteiger partial charge in [-0.1, -0.05) is 59.8 Å². The van der Waals surface area contributed by atoms with Gasteiger partial charge < -0.3 is 4.74 Å². The number of carbonyl (C=O) groups excluding carboxylic acids is 1. The molecule has 0 N–H and O–H groups in total. The van der Waals surface area contributed by atoms with E-state index in [9.17, 15) is 4.79 Å². The summed E-state index contributed by atoms with van der Waals surface area (Å²) >= 11 is 0. The summed E-state index contributed by atoms with van der Waals surface area (Å²) in [6.45, 7) is 10.0. The van der Waals surface area contributed by atoms with Gasteiger partial charge in [0.2, 0.25) is 0 Å². The third-order valence-corrected chi connectivity index (χ3v) is 6.12. The molecular weight excluding hydrogens is 334 g/mol. The second-order valence-electron chi connectivity index (χ2n) is 8.86. The van der Waals surface area contributed by atoms with E-state index in [0.29, 0.717) is 23.3 Å². The Balaban J connectivity index is 1.82. The minimum Gasteiger partial charge on any atom is -0.458 e. The average Bonchev–Trinajstić information content (AvgIpc) is 2.65. The Kier molecular flexibility index (Phi) is 9.30. The van der Waals surface area contributed by atoms with Crippen LogP contribution in [-0.2, 0) is 11.3 Å². The molecule has 0 bridgehead atoms. The molecule has 0 unspecified atom stereocenters. The first-order valence-corrected chi connectivity index (χ1v) is 11.2. The Morgan fingerprint density at radius 1 is 1.11 bits per heavy atom. The lowest BCUT2D eigenvalue weighted by Crippen LogP contribution is -2.36. The Morgan fingerprint density at radius 2 is 1.78 bits per heavy atom. The van der Waals surface area contributed by atoms with Crippen molar-refractivity contribution in [2.24, 2.45) is 17.8 Å². The zero-order valence-electron chi connectivity index (χ0n) is 18.0. The number of hydrogen-bond donors (Lipinski definition) is 0. The predicted molar refractivity (Wildman–Crippen MR) is 111 cm³/mol. The van der Waals surface area contributed by atoms with E-state index in [1.165, 1.54) is 51.4 Å². The molecule has 0 radical (unpaired) electrons. The monoisotopic (exact) mass is 374 g/mol. The fraction of sp³-hybridized carbons (Fsp3) is 0.750. The molecular formula is C24H40NO2+. The molecule has 2 rings (SSSR count). The molecule has 0 spiro atoms. The minimum atomic E-state index is -0.161. The van der Waals surface area contributed by atoms with Crippen LogP contribution in [0.1, 0.15) is 95.8 Å². The van der Waals surface area contributed by atoms with Crippen molar-refractivity contribution in [1.29, 1.82) is 0 Å². The highest BCUT2D eigenvalue weighted by molar-refractivity contribution is 5.89. The summed E-state index contributed by atoms with van der Waals surface area (Å²) in [6, 6.07) is 3.83. The van der Waals surface area contributed by atoms with Crippen LogP contribution in [0.15, 0.2) is 24.5 Å². The second kappa shape index (κ2) is 11.5. The highest BCUT2D eigenvalue weighted by Crippen LogP contribution is 2.35. The molecule has 27 heavy (non-hydrogen) atoms. The summed E-state index contributed by atoms with van der Waals surface area (Å²) in [5.74, 6) is 1.54. The number of pyridine rings is 1. The van der Waals surface area contributed by atoms with Crippen LogP contribution in [0.4, 0.5) is 0 Å². The van der Waals surface area contributed by atoms with E-state index in [1.54, 1.807) is 0 Å². The van der Waals surface area contributed by atoms with E-state index in [2.05, 4.69) is 32.3 Å². The quantitative estimate of drug-likeness (QED) is 0.288. The van der Waals surface area contributed by atoms with Crippen LogP contribution in [0.25, 0.3) is 0 Å².